The smallest absolute Gasteiger partial charge is 0.325 e. The first-order valence-electron chi connectivity index (χ1n) is 6.17. The molecule has 1 saturated carbocycles. The molecule has 1 aliphatic rings. The van der Waals surface area contributed by atoms with E-state index in [0.717, 1.165) is 18.8 Å². The summed E-state index contributed by atoms with van der Waals surface area (Å²) in [6.07, 6.45) is 4.92. The van der Waals surface area contributed by atoms with E-state index in [1.165, 1.54) is 12.8 Å². The number of nitrogens with two attached hydrogens (primary N) is 1. The van der Waals surface area contributed by atoms with E-state index >= 15 is 0 Å². The van der Waals surface area contributed by atoms with Gasteiger partial charge in [-0.05, 0) is 25.7 Å². The standard InChI is InChI=1S/C12H23NO3/c1-3-15-12(14)11(13)8-16-10-6-4-5-9(2)7-10/h9-11H,3-8,13H2,1-2H3. The summed E-state index contributed by atoms with van der Waals surface area (Å²) in [7, 11) is 0. The molecular weight excluding hydrogens is 206 g/mol. The number of esters is 1. The van der Waals surface area contributed by atoms with Crippen LogP contribution in [0, 0.1) is 5.92 Å². The third kappa shape index (κ3) is 4.49. The van der Waals surface area contributed by atoms with Crippen molar-refractivity contribution >= 4 is 5.97 Å². The van der Waals surface area contributed by atoms with Gasteiger partial charge in [0.2, 0.25) is 0 Å². The predicted molar refractivity (Wildman–Crippen MR) is 62.0 cm³/mol. The molecule has 1 rings (SSSR count). The van der Waals surface area contributed by atoms with E-state index in [1.54, 1.807) is 6.92 Å². The third-order valence-corrected chi connectivity index (χ3v) is 2.99. The minimum Gasteiger partial charge on any atom is -0.465 e. The molecule has 0 radical (unpaired) electrons. The van der Waals surface area contributed by atoms with Crippen molar-refractivity contribution in [3.63, 3.8) is 0 Å². The molecule has 1 aliphatic carbocycles. The Morgan fingerprint density at radius 1 is 1.50 bits per heavy atom. The van der Waals surface area contributed by atoms with Gasteiger partial charge in [0.05, 0.1) is 19.3 Å². The summed E-state index contributed by atoms with van der Waals surface area (Å²) in [5, 5.41) is 0. The summed E-state index contributed by atoms with van der Waals surface area (Å²) >= 11 is 0. The highest BCUT2D eigenvalue weighted by Gasteiger charge is 2.22. The lowest BCUT2D eigenvalue weighted by molar-refractivity contribution is -0.147. The maximum absolute atomic E-state index is 11.3. The normalized spacial score (nSPS) is 27.4. The first-order valence-corrected chi connectivity index (χ1v) is 6.17. The van der Waals surface area contributed by atoms with Crippen LogP contribution in [0.3, 0.4) is 0 Å². The average molecular weight is 229 g/mol. The van der Waals surface area contributed by atoms with E-state index in [0.29, 0.717) is 6.61 Å². The molecule has 0 saturated heterocycles. The lowest BCUT2D eigenvalue weighted by atomic mass is 9.89. The molecule has 4 heteroatoms. The molecule has 0 aliphatic heterocycles. The molecule has 0 aromatic carbocycles. The molecule has 0 aromatic rings. The number of ether oxygens (including phenoxy) is 2. The highest BCUT2D eigenvalue weighted by molar-refractivity contribution is 5.75. The Bertz CT molecular complexity index is 220. The fourth-order valence-electron chi connectivity index (χ4n) is 2.09. The SMILES string of the molecule is CCOC(=O)C(N)COC1CCCC(C)C1. The summed E-state index contributed by atoms with van der Waals surface area (Å²) in [5.41, 5.74) is 5.66. The average Bonchev–Trinajstić information content (AvgIpc) is 2.26. The van der Waals surface area contributed by atoms with Crippen molar-refractivity contribution in [2.45, 2.75) is 51.7 Å². The fourth-order valence-corrected chi connectivity index (χ4v) is 2.09. The van der Waals surface area contributed by atoms with Crippen LogP contribution in [-0.2, 0) is 14.3 Å². The number of carbonyl (C=O) groups excluding carboxylic acids is 1. The maximum atomic E-state index is 11.3. The summed E-state index contributed by atoms with van der Waals surface area (Å²) in [6.45, 7) is 4.65. The van der Waals surface area contributed by atoms with Crippen molar-refractivity contribution < 1.29 is 14.3 Å². The van der Waals surface area contributed by atoms with E-state index in [1.807, 2.05) is 0 Å². The zero-order valence-corrected chi connectivity index (χ0v) is 10.3. The van der Waals surface area contributed by atoms with Crippen LogP contribution >= 0.6 is 0 Å². The molecule has 2 N–H and O–H groups in total. The summed E-state index contributed by atoms with van der Waals surface area (Å²) in [4.78, 5) is 11.3. The Balaban J connectivity index is 2.20. The van der Waals surface area contributed by atoms with Gasteiger partial charge < -0.3 is 15.2 Å². The molecule has 3 atom stereocenters. The molecule has 0 bridgehead atoms. The van der Waals surface area contributed by atoms with Crippen LogP contribution < -0.4 is 5.73 Å². The third-order valence-electron chi connectivity index (χ3n) is 2.99. The second-order valence-electron chi connectivity index (χ2n) is 4.59. The van der Waals surface area contributed by atoms with Crippen molar-refractivity contribution in [2.75, 3.05) is 13.2 Å². The van der Waals surface area contributed by atoms with Crippen LogP contribution in [0.4, 0.5) is 0 Å². The van der Waals surface area contributed by atoms with Crippen LogP contribution in [0.5, 0.6) is 0 Å². The Labute approximate surface area is 97.5 Å². The summed E-state index contributed by atoms with van der Waals surface area (Å²) in [6, 6.07) is -0.641. The largest absolute Gasteiger partial charge is 0.465 e. The molecule has 0 heterocycles. The Morgan fingerprint density at radius 2 is 2.25 bits per heavy atom. The van der Waals surface area contributed by atoms with Crippen molar-refractivity contribution in [1.82, 2.24) is 0 Å². The zero-order valence-electron chi connectivity index (χ0n) is 10.3. The van der Waals surface area contributed by atoms with Gasteiger partial charge in [0.25, 0.3) is 0 Å². The number of carbonyl (C=O) groups is 1. The summed E-state index contributed by atoms with van der Waals surface area (Å²) < 4.78 is 10.5. The van der Waals surface area contributed by atoms with E-state index in [2.05, 4.69) is 6.92 Å². The lowest BCUT2D eigenvalue weighted by Crippen LogP contribution is -2.38. The fraction of sp³-hybridized carbons (Fsp3) is 0.917. The van der Waals surface area contributed by atoms with Gasteiger partial charge in [0, 0.05) is 0 Å². The van der Waals surface area contributed by atoms with Crippen molar-refractivity contribution in [2.24, 2.45) is 11.7 Å². The molecule has 0 spiro atoms. The van der Waals surface area contributed by atoms with E-state index in [4.69, 9.17) is 15.2 Å². The van der Waals surface area contributed by atoms with Crippen LogP contribution in [0.15, 0.2) is 0 Å². The zero-order chi connectivity index (χ0) is 12.0. The first-order chi connectivity index (χ1) is 7.63. The molecule has 0 aromatic heterocycles. The van der Waals surface area contributed by atoms with Gasteiger partial charge in [-0.25, -0.2) is 0 Å². The molecule has 16 heavy (non-hydrogen) atoms. The van der Waals surface area contributed by atoms with Gasteiger partial charge in [-0.3, -0.25) is 4.79 Å². The van der Waals surface area contributed by atoms with E-state index in [9.17, 15) is 4.79 Å². The highest BCUT2D eigenvalue weighted by atomic mass is 16.5. The molecule has 4 nitrogen and oxygen atoms in total. The monoisotopic (exact) mass is 229 g/mol. The number of rotatable bonds is 5. The van der Waals surface area contributed by atoms with Gasteiger partial charge in [0.15, 0.2) is 0 Å². The molecular formula is C12H23NO3. The number of hydrogen-bond donors (Lipinski definition) is 1. The minimum atomic E-state index is -0.641. The Kier molecular flexibility index (Phi) is 5.77. The van der Waals surface area contributed by atoms with Crippen LogP contribution in [0.1, 0.15) is 39.5 Å². The Morgan fingerprint density at radius 3 is 2.88 bits per heavy atom. The van der Waals surface area contributed by atoms with Crippen molar-refractivity contribution in [3.05, 3.63) is 0 Å². The van der Waals surface area contributed by atoms with Gasteiger partial charge in [-0.1, -0.05) is 19.8 Å². The molecule has 3 unspecified atom stereocenters. The van der Waals surface area contributed by atoms with Crippen molar-refractivity contribution in [1.29, 1.82) is 0 Å². The second kappa shape index (κ2) is 6.86. The molecule has 1 fully saturated rings. The first kappa shape index (κ1) is 13.5. The van der Waals surface area contributed by atoms with Crippen LogP contribution in [-0.4, -0.2) is 31.3 Å². The highest BCUT2D eigenvalue weighted by Crippen LogP contribution is 2.25. The molecule has 94 valence electrons. The number of hydrogen-bond acceptors (Lipinski definition) is 4. The summed E-state index contributed by atoms with van der Waals surface area (Å²) in [5.74, 6) is 0.351. The van der Waals surface area contributed by atoms with E-state index in [-0.39, 0.29) is 18.7 Å². The quantitative estimate of drug-likeness (QED) is 0.725. The van der Waals surface area contributed by atoms with Crippen molar-refractivity contribution in [3.8, 4) is 0 Å². The molecule has 0 amide bonds. The van der Waals surface area contributed by atoms with Gasteiger partial charge >= 0.3 is 5.97 Å². The predicted octanol–water partition coefficient (Wildman–Crippen LogP) is 1.47. The van der Waals surface area contributed by atoms with Crippen LogP contribution in [0.25, 0.3) is 0 Å². The Hall–Kier alpha value is -0.610. The van der Waals surface area contributed by atoms with Gasteiger partial charge in [0.1, 0.15) is 6.04 Å². The second-order valence-corrected chi connectivity index (χ2v) is 4.59. The van der Waals surface area contributed by atoms with Crippen LogP contribution in [0.2, 0.25) is 0 Å². The lowest BCUT2D eigenvalue weighted by Gasteiger charge is -2.27. The maximum Gasteiger partial charge on any atom is 0.325 e. The topological polar surface area (TPSA) is 61.5 Å². The van der Waals surface area contributed by atoms with E-state index < -0.39 is 6.04 Å². The van der Waals surface area contributed by atoms with Gasteiger partial charge in [-0.2, -0.15) is 0 Å². The van der Waals surface area contributed by atoms with Gasteiger partial charge in [-0.15, -0.1) is 0 Å². The minimum absolute atomic E-state index is 0.268.